The molecule has 3 aromatic heterocycles. The van der Waals surface area contributed by atoms with Crippen LogP contribution in [0.5, 0.6) is 0 Å². The van der Waals surface area contributed by atoms with Crippen molar-refractivity contribution in [2.45, 2.75) is 26.5 Å². The van der Waals surface area contributed by atoms with E-state index in [1.54, 1.807) is 12.4 Å². The molecule has 0 aliphatic rings. The maximum Gasteiger partial charge on any atom is 0.234 e. The van der Waals surface area contributed by atoms with Crippen LogP contribution < -0.4 is 5.32 Å². The van der Waals surface area contributed by atoms with Crippen molar-refractivity contribution in [3.05, 3.63) is 53.6 Å². The van der Waals surface area contributed by atoms with Gasteiger partial charge in [-0.3, -0.25) is 9.36 Å². The number of carbonyl (C=O) groups is 1. The van der Waals surface area contributed by atoms with Crippen molar-refractivity contribution in [1.82, 2.24) is 19.7 Å². The lowest BCUT2D eigenvalue weighted by atomic mass is 10.2. The lowest BCUT2D eigenvalue weighted by molar-refractivity contribution is -0.113. The Morgan fingerprint density at radius 2 is 2.12 bits per heavy atom. The van der Waals surface area contributed by atoms with E-state index in [0.29, 0.717) is 17.2 Å². The zero-order chi connectivity index (χ0) is 17.8. The number of thioether (sulfide) groups is 1. The molecule has 1 amide bonds. The molecule has 3 heterocycles. The predicted molar refractivity (Wildman–Crippen MR) is 96.9 cm³/mol. The Hall–Kier alpha value is -2.61. The molecule has 25 heavy (non-hydrogen) atoms. The van der Waals surface area contributed by atoms with Gasteiger partial charge in [-0.1, -0.05) is 5.16 Å². The molecule has 0 spiro atoms. The minimum atomic E-state index is -0.0647. The van der Waals surface area contributed by atoms with E-state index in [2.05, 4.69) is 20.4 Å². The van der Waals surface area contributed by atoms with Crippen molar-refractivity contribution >= 4 is 23.4 Å². The van der Waals surface area contributed by atoms with Crippen LogP contribution in [0, 0.1) is 20.8 Å². The van der Waals surface area contributed by atoms with Crippen LogP contribution in [0.25, 0.3) is 5.82 Å². The van der Waals surface area contributed by atoms with Gasteiger partial charge < -0.3 is 9.84 Å². The molecule has 0 saturated carbocycles. The van der Waals surface area contributed by atoms with Crippen LogP contribution in [0.1, 0.15) is 22.8 Å². The summed E-state index contributed by atoms with van der Waals surface area (Å²) in [5, 5.41) is 6.77. The molecule has 0 aromatic carbocycles. The molecular formula is C17H19N5O2S. The zero-order valence-electron chi connectivity index (χ0n) is 14.3. The molecule has 130 valence electrons. The summed E-state index contributed by atoms with van der Waals surface area (Å²) in [5.41, 5.74) is 2.60. The fraction of sp³-hybridized carbons (Fsp3) is 0.294. The summed E-state index contributed by atoms with van der Waals surface area (Å²) < 4.78 is 7.00. The number of carbonyl (C=O) groups excluding carboxylic acids is 1. The minimum Gasteiger partial charge on any atom is -0.361 e. The summed E-state index contributed by atoms with van der Waals surface area (Å²) in [6, 6.07) is 3.68. The number of nitrogens with one attached hydrogen (secondary N) is 1. The van der Waals surface area contributed by atoms with E-state index in [1.165, 1.54) is 11.8 Å². The van der Waals surface area contributed by atoms with Crippen LogP contribution in [0.2, 0.25) is 0 Å². The molecule has 0 radical (unpaired) electrons. The topological polar surface area (TPSA) is 85.8 Å². The maximum atomic E-state index is 12.1. The van der Waals surface area contributed by atoms with Crippen molar-refractivity contribution in [2.75, 3.05) is 11.1 Å². The zero-order valence-corrected chi connectivity index (χ0v) is 15.1. The second-order valence-electron chi connectivity index (χ2n) is 5.59. The van der Waals surface area contributed by atoms with Crippen LogP contribution in [0.4, 0.5) is 5.69 Å². The molecule has 1 N–H and O–H groups in total. The highest BCUT2D eigenvalue weighted by Crippen LogP contribution is 2.19. The highest BCUT2D eigenvalue weighted by molar-refractivity contribution is 7.99. The van der Waals surface area contributed by atoms with Gasteiger partial charge in [-0.2, -0.15) is 0 Å². The highest BCUT2D eigenvalue weighted by Gasteiger charge is 2.10. The molecule has 0 fully saturated rings. The second kappa shape index (κ2) is 7.52. The minimum absolute atomic E-state index is 0.0647. The normalized spacial score (nSPS) is 10.8. The average molecular weight is 357 g/mol. The average Bonchev–Trinajstić information content (AvgIpc) is 3.15. The number of hydrogen-bond donors (Lipinski definition) is 1. The Labute approximate surface area is 149 Å². The van der Waals surface area contributed by atoms with Crippen molar-refractivity contribution in [3.8, 4) is 5.82 Å². The van der Waals surface area contributed by atoms with Crippen LogP contribution in [0.3, 0.4) is 0 Å². The monoisotopic (exact) mass is 357 g/mol. The molecule has 0 aliphatic carbocycles. The summed E-state index contributed by atoms with van der Waals surface area (Å²) >= 11 is 1.52. The van der Waals surface area contributed by atoms with Crippen LogP contribution in [-0.4, -0.2) is 31.4 Å². The number of anilines is 1. The summed E-state index contributed by atoms with van der Waals surface area (Å²) in [6.07, 6.45) is 5.22. The van der Waals surface area contributed by atoms with E-state index in [1.807, 2.05) is 43.7 Å². The van der Waals surface area contributed by atoms with Gasteiger partial charge in [0.15, 0.2) is 0 Å². The number of aryl methyl sites for hydroxylation is 3. The van der Waals surface area contributed by atoms with Crippen molar-refractivity contribution in [2.24, 2.45) is 0 Å². The molecule has 0 aliphatic heterocycles. The Morgan fingerprint density at radius 3 is 2.72 bits per heavy atom. The first-order valence-electron chi connectivity index (χ1n) is 7.80. The van der Waals surface area contributed by atoms with E-state index in [4.69, 9.17) is 4.52 Å². The third-order valence-corrected chi connectivity index (χ3v) is 4.72. The lowest BCUT2D eigenvalue weighted by Gasteiger charge is -2.07. The molecule has 0 saturated heterocycles. The summed E-state index contributed by atoms with van der Waals surface area (Å²) in [4.78, 5) is 20.6. The third-order valence-electron chi connectivity index (χ3n) is 3.76. The number of amides is 1. The largest absolute Gasteiger partial charge is 0.361 e. The Balaban J connectivity index is 1.52. The van der Waals surface area contributed by atoms with Gasteiger partial charge >= 0.3 is 0 Å². The van der Waals surface area contributed by atoms with Gasteiger partial charge in [-0.25, -0.2) is 9.97 Å². The molecule has 0 unspecified atom stereocenters. The van der Waals surface area contributed by atoms with E-state index < -0.39 is 0 Å². The highest BCUT2D eigenvalue weighted by atomic mass is 32.2. The molecule has 3 rings (SSSR count). The van der Waals surface area contributed by atoms with Crippen molar-refractivity contribution in [3.63, 3.8) is 0 Å². The van der Waals surface area contributed by atoms with Gasteiger partial charge in [0.2, 0.25) is 5.91 Å². The van der Waals surface area contributed by atoms with E-state index in [9.17, 15) is 4.79 Å². The molecule has 7 nitrogen and oxygen atoms in total. The first-order chi connectivity index (χ1) is 12.0. The van der Waals surface area contributed by atoms with E-state index >= 15 is 0 Å². The van der Waals surface area contributed by atoms with Crippen LogP contribution >= 0.6 is 11.8 Å². The number of imidazole rings is 1. The number of rotatable bonds is 6. The Kier molecular flexibility index (Phi) is 5.18. The number of nitrogens with zero attached hydrogens (tertiary/aromatic N) is 4. The smallest absolute Gasteiger partial charge is 0.234 e. The quantitative estimate of drug-likeness (QED) is 0.730. The summed E-state index contributed by atoms with van der Waals surface area (Å²) in [6.45, 7) is 5.69. The lowest BCUT2D eigenvalue weighted by Crippen LogP contribution is -2.14. The summed E-state index contributed by atoms with van der Waals surface area (Å²) in [7, 11) is 0. The molecule has 8 heteroatoms. The van der Waals surface area contributed by atoms with Gasteiger partial charge in [0.05, 0.1) is 23.3 Å². The predicted octanol–water partition coefficient (Wildman–Crippen LogP) is 3.05. The van der Waals surface area contributed by atoms with Gasteiger partial charge in [-0.05, 0) is 32.9 Å². The first-order valence-corrected chi connectivity index (χ1v) is 8.96. The van der Waals surface area contributed by atoms with Gasteiger partial charge in [-0.15, -0.1) is 11.8 Å². The standard InChI is InChI=1S/C17H19N5O2S/c1-11-15(12(2)24-21-11)9-25-10-17(23)20-14-4-5-16(19-8-14)22-7-6-18-13(22)3/h4-8H,9-10H2,1-3H3,(H,20,23). The maximum absolute atomic E-state index is 12.1. The fourth-order valence-electron chi connectivity index (χ4n) is 2.37. The Bertz CT molecular complexity index is 850. The number of pyridine rings is 1. The van der Waals surface area contributed by atoms with Gasteiger partial charge in [0, 0.05) is 23.7 Å². The van der Waals surface area contributed by atoms with Gasteiger partial charge in [0.25, 0.3) is 0 Å². The molecule has 3 aromatic rings. The molecular weight excluding hydrogens is 338 g/mol. The van der Waals surface area contributed by atoms with E-state index in [0.717, 1.165) is 28.7 Å². The van der Waals surface area contributed by atoms with Crippen molar-refractivity contribution < 1.29 is 9.32 Å². The fourth-order valence-corrected chi connectivity index (χ4v) is 3.35. The number of hydrogen-bond acceptors (Lipinski definition) is 6. The molecule has 0 bridgehead atoms. The third kappa shape index (κ3) is 4.08. The second-order valence-corrected chi connectivity index (χ2v) is 6.58. The summed E-state index contributed by atoms with van der Waals surface area (Å²) in [5.74, 6) is 3.42. The SMILES string of the molecule is Cc1noc(C)c1CSCC(=O)Nc1ccc(-n2ccnc2C)nc1. The van der Waals surface area contributed by atoms with E-state index in [-0.39, 0.29) is 5.91 Å². The van der Waals surface area contributed by atoms with Gasteiger partial charge in [0.1, 0.15) is 17.4 Å². The van der Waals surface area contributed by atoms with Crippen molar-refractivity contribution in [1.29, 1.82) is 0 Å². The Morgan fingerprint density at radius 1 is 1.28 bits per heavy atom. The van der Waals surface area contributed by atoms with Crippen LogP contribution in [-0.2, 0) is 10.5 Å². The first kappa shape index (κ1) is 17.2. The van der Waals surface area contributed by atoms with Crippen LogP contribution in [0.15, 0.2) is 35.2 Å². The molecule has 0 atom stereocenters. The number of aromatic nitrogens is 4.